The summed E-state index contributed by atoms with van der Waals surface area (Å²) in [4.78, 5) is 50.1. The van der Waals surface area contributed by atoms with Gasteiger partial charge in [0.15, 0.2) is 0 Å². The fraction of sp³-hybridized carbons (Fsp3) is 0.750. The number of hydrogen-bond donors (Lipinski definition) is 0. The Balaban J connectivity index is 1.69. The van der Waals surface area contributed by atoms with Gasteiger partial charge in [0.2, 0.25) is 0 Å². The lowest BCUT2D eigenvalue weighted by molar-refractivity contribution is -0.268. The van der Waals surface area contributed by atoms with Gasteiger partial charge in [-0.3, -0.25) is 9.59 Å². The minimum absolute atomic E-state index is 0.106. The molecule has 0 saturated heterocycles. The highest BCUT2D eigenvalue weighted by Gasteiger charge is 2.68. The maximum Gasteiger partial charge on any atom is 0.330 e. The molecule has 0 radical (unpaired) electrons. The SMILES string of the molecule is CC=CC(=O)OCC(C)(C)CC(=O)OC12CC3(C)CC(C)(C1)CC(OC(=O)CC(C)(C)COC(=O)C=CC)(C3)C2. The van der Waals surface area contributed by atoms with Gasteiger partial charge in [-0.05, 0) is 56.8 Å². The van der Waals surface area contributed by atoms with E-state index >= 15 is 0 Å². The molecule has 4 saturated carbocycles. The number of esters is 4. The number of hydrogen-bond acceptors (Lipinski definition) is 8. The quantitative estimate of drug-likeness (QED) is 0.162. The molecule has 0 aromatic carbocycles. The standard InChI is InChI=1S/C32H48O8/c1-9-11-23(33)37-21-27(3,4)13-25(35)39-31-16-29(7)15-30(8,17-31)19-32(18-29,20-31)40-26(36)14-28(5,6)22-38-24(34)12-10-2/h9-12H,13-22H2,1-8H3. The molecule has 0 heterocycles. The van der Waals surface area contributed by atoms with Gasteiger partial charge in [-0.1, -0.05) is 53.7 Å². The molecule has 0 aromatic heterocycles. The van der Waals surface area contributed by atoms with E-state index in [4.69, 9.17) is 18.9 Å². The van der Waals surface area contributed by atoms with Gasteiger partial charge >= 0.3 is 23.9 Å². The van der Waals surface area contributed by atoms with Crippen LogP contribution in [-0.4, -0.2) is 48.3 Å². The summed E-state index contributed by atoms with van der Waals surface area (Å²) in [6, 6.07) is 0. The molecule has 8 heteroatoms. The lowest BCUT2D eigenvalue weighted by Crippen LogP contribution is -2.67. The Morgan fingerprint density at radius 1 is 0.625 bits per heavy atom. The second-order valence-corrected chi connectivity index (χ2v) is 14.9. The molecule has 40 heavy (non-hydrogen) atoms. The Hall–Kier alpha value is -2.64. The van der Waals surface area contributed by atoms with Crippen molar-refractivity contribution in [3.05, 3.63) is 24.3 Å². The largest absolute Gasteiger partial charge is 0.462 e. The van der Waals surface area contributed by atoms with Crippen molar-refractivity contribution >= 4 is 23.9 Å². The molecule has 0 aliphatic heterocycles. The number of rotatable bonds is 12. The average Bonchev–Trinajstić information content (AvgIpc) is 2.72. The van der Waals surface area contributed by atoms with Crippen LogP contribution in [0.15, 0.2) is 24.3 Å². The molecule has 4 aliphatic carbocycles. The molecule has 0 unspecified atom stereocenters. The van der Waals surface area contributed by atoms with Crippen molar-refractivity contribution in [1.82, 2.24) is 0 Å². The van der Waals surface area contributed by atoms with Gasteiger partial charge in [0.25, 0.3) is 0 Å². The summed E-state index contributed by atoms with van der Waals surface area (Å²) in [6.45, 7) is 15.6. The van der Waals surface area contributed by atoms with Crippen molar-refractivity contribution in [3.8, 4) is 0 Å². The van der Waals surface area contributed by atoms with Crippen molar-refractivity contribution in [2.24, 2.45) is 21.7 Å². The molecule has 4 rings (SSSR count). The Labute approximate surface area is 239 Å². The lowest BCUT2D eigenvalue weighted by Gasteiger charge is -2.67. The molecule has 0 atom stereocenters. The second kappa shape index (κ2) is 11.3. The van der Waals surface area contributed by atoms with E-state index in [0.29, 0.717) is 6.42 Å². The molecule has 0 aromatic rings. The van der Waals surface area contributed by atoms with Crippen molar-refractivity contribution in [2.45, 2.75) is 118 Å². The highest BCUT2D eigenvalue weighted by Crippen LogP contribution is 2.69. The third-order valence-corrected chi connectivity index (χ3v) is 8.22. The van der Waals surface area contributed by atoms with Crippen molar-refractivity contribution in [3.63, 3.8) is 0 Å². The highest BCUT2D eigenvalue weighted by atomic mass is 16.6. The predicted octanol–water partition coefficient (Wildman–Crippen LogP) is 6.02. The van der Waals surface area contributed by atoms with Gasteiger partial charge in [0.1, 0.15) is 11.2 Å². The molecule has 0 N–H and O–H groups in total. The summed E-state index contributed by atoms with van der Waals surface area (Å²) >= 11 is 0. The van der Waals surface area contributed by atoms with E-state index in [1.807, 2.05) is 27.7 Å². The van der Waals surface area contributed by atoms with E-state index in [9.17, 15) is 19.2 Å². The molecule has 224 valence electrons. The van der Waals surface area contributed by atoms with Gasteiger partial charge < -0.3 is 18.9 Å². The van der Waals surface area contributed by atoms with Crippen LogP contribution in [0.4, 0.5) is 0 Å². The summed E-state index contributed by atoms with van der Waals surface area (Å²) in [6.07, 6.45) is 10.6. The maximum absolute atomic E-state index is 13.3. The van der Waals surface area contributed by atoms with Crippen LogP contribution in [0.1, 0.15) is 107 Å². The van der Waals surface area contributed by atoms with Crippen LogP contribution in [0.5, 0.6) is 0 Å². The van der Waals surface area contributed by atoms with E-state index in [2.05, 4.69) is 13.8 Å². The summed E-state index contributed by atoms with van der Waals surface area (Å²) in [7, 11) is 0. The number of ether oxygens (including phenoxy) is 4. The first-order chi connectivity index (χ1) is 18.4. The fourth-order valence-corrected chi connectivity index (χ4v) is 8.04. The molecule has 8 nitrogen and oxygen atoms in total. The van der Waals surface area contributed by atoms with Crippen LogP contribution >= 0.6 is 0 Å². The summed E-state index contributed by atoms with van der Waals surface area (Å²) in [5, 5.41) is 0. The molecule has 4 bridgehead atoms. The second-order valence-electron chi connectivity index (χ2n) is 14.9. The molecule has 0 spiro atoms. The monoisotopic (exact) mass is 560 g/mol. The Morgan fingerprint density at radius 2 is 0.975 bits per heavy atom. The van der Waals surface area contributed by atoms with Crippen LogP contribution in [0.3, 0.4) is 0 Å². The summed E-state index contributed by atoms with van der Waals surface area (Å²) in [5.74, 6) is -1.53. The van der Waals surface area contributed by atoms with E-state index < -0.39 is 34.0 Å². The molecule has 4 aliphatic rings. The lowest BCUT2D eigenvalue weighted by atomic mass is 9.42. The minimum atomic E-state index is -0.704. The molecular weight excluding hydrogens is 512 g/mol. The molecule has 4 fully saturated rings. The zero-order valence-electron chi connectivity index (χ0n) is 25.6. The van der Waals surface area contributed by atoms with Crippen LogP contribution < -0.4 is 0 Å². The number of allylic oxidation sites excluding steroid dienone is 2. The maximum atomic E-state index is 13.3. The summed E-state index contributed by atoms with van der Waals surface area (Å²) < 4.78 is 23.2. The molecule has 0 amide bonds. The van der Waals surface area contributed by atoms with Gasteiger partial charge in [-0.15, -0.1) is 0 Å². The number of carbonyl (C=O) groups excluding carboxylic acids is 4. The normalized spacial score (nSPS) is 31.4. The van der Waals surface area contributed by atoms with Gasteiger partial charge in [-0.25, -0.2) is 9.59 Å². The van der Waals surface area contributed by atoms with Crippen molar-refractivity contribution in [2.75, 3.05) is 13.2 Å². The van der Waals surface area contributed by atoms with Crippen molar-refractivity contribution < 1.29 is 38.1 Å². The van der Waals surface area contributed by atoms with Crippen LogP contribution in [0.25, 0.3) is 0 Å². The first-order valence-electron chi connectivity index (χ1n) is 14.4. The van der Waals surface area contributed by atoms with Crippen LogP contribution in [0, 0.1) is 21.7 Å². The summed E-state index contributed by atoms with van der Waals surface area (Å²) in [5.41, 5.74) is -2.80. The Bertz CT molecular complexity index is 969. The zero-order valence-corrected chi connectivity index (χ0v) is 25.6. The van der Waals surface area contributed by atoms with Gasteiger partial charge in [0.05, 0.1) is 26.1 Å². The first-order valence-corrected chi connectivity index (χ1v) is 14.4. The third-order valence-electron chi connectivity index (χ3n) is 8.22. The van der Waals surface area contributed by atoms with Crippen LogP contribution in [-0.2, 0) is 38.1 Å². The zero-order chi connectivity index (χ0) is 30.0. The van der Waals surface area contributed by atoms with E-state index in [0.717, 1.165) is 32.1 Å². The number of carbonyl (C=O) groups is 4. The van der Waals surface area contributed by atoms with E-state index in [-0.39, 0.29) is 48.8 Å². The predicted molar refractivity (Wildman–Crippen MR) is 150 cm³/mol. The fourth-order valence-electron chi connectivity index (χ4n) is 8.04. The first kappa shape index (κ1) is 31.9. The Morgan fingerprint density at radius 3 is 1.30 bits per heavy atom. The van der Waals surface area contributed by atoms with E-state index in [1.165, 1.54) is 12.2 Å². The Kier molecular flexibility index (Phi) is 9.03. The minimum Gasteiger partial charge on any atom is -0.462 e. The van der Waals surface area contributed by atoms with Crippen molar-refractivity contribution in [1.29, 1.82) is 0 Å². The average molecular weight is 561 g/mol. The third kappa shape index (κ3) is 8.20. The topological polar surface area (TPSA) is 105 Å². The van der Waals surface area contributed by atoms with Crippen LogP contribution in [0.2, 0.25) is 0 Å². The highest BCUT2D eigenvalue weighted by molar-refractivity contribution is 5.82. The van der Waals surface area contributed by atoms with E-state index in [1.54, 1.807) is 26.0 Å². The van der Waals surface area contributed by atoms with Gasteiger partial charge in [0, 0.05) is 29.4 Å². The van der Waals surface area contributed by atoms with Gasteiger partial charge in [-0.2, -0.15) is 0 Å². The smallest absolute Gasteiger partial charge is 0.330 e. The molecular formula is C32H48O8.